The molecule has 0 radical (unpaired) electrons. The van der Waals surface area contributed by atoms with Crippen molar-refractivity contribution >= 4 is 52.1 Å². The predicted octanol–water partition coefficient (Wildman–Crippen LogP) is 4.49. The summed E-state index contributed by atoms with van der Waals surface area (Å²) in [5.74, 6) is 0.883. The van der Waals surface area contributed by atoms with Gasteiger partial charge in [0, 0.05) is 37.1 Å². The minimum Gasteiger partial charge on any atom is -0.314 e. The number of halogens is 3. The summed E-state index contributed by atoms with van der Waals surface area (Å²) in [7, 11) is 0. The van der Waals surface area contributed by atoms with Crippen molar-refractivity contribution in [2.75, 3.05) is 26.2 Å². The van der Waals surface area contributed by atoms with Crippen LogP contribution in [-0.4, -0.2) is 31.1 Å². The maximum absolute atomic E-state index is 3.62. The first-order chi connectivity index (χ1) is 8.84. The van der Waals surface area contributed by atoms with Crippen molar-refractivity contribution in [2.24, 2.45) is 5.92 Å². The molecule has 0 aromatic carbocycles. The first kappa shape index (κ1) is 18.7. The molecule has 1 saturated carbocycles. The Morgan fingerprint density at radius 3 is 2.35 bits per heavy atom. The molecule has 1 N–H and O–H groups in total. The summed E-state index contributed by atoms with van der Waals surface area (Å²) in [6.07, 6.45) is 5.70. The van der Waals surface area contributed by atoms with Gasteiger partial charge in [0.1, 0.15) is 0 Å². The number of thiophene rings is 1. The van der Waals surface area contributed by atoms with Crippen LogP contribution in [0.4, 0.5) is 0 Å². The molecule has 1 saturated heterocycles. The Hall–Kier alpha value is 0.680. The molecule has 1 aromatic rings. The van der Waals surface area contributed by atoms with Gasteiger partial charge in [-0.2, -0.15) is 0 Å². The Labute approximate surface area is 146 Å². The Bertz CT molecular complexity index is 390. The van der Waals surface area contributed by atoms with Gasteiger partial charge in [0.15, 0.2) is 0 Å². The van der Waals surface area contributed by atoms with Crippen LogP contribution in [-0.2, 0) is 0 Å². The number of nitrogens with one attached hydrogen (secondary N) is 1. The van der Waals surface area contributed by atoms with E-state index in [4.69, 9.17) is 0 Å². The van der Waals surface area contributed by atoms with E-state index in [0.29, 0.717) is 6.04 Å². The second-order valence-corrected chi connectivity index (χ2v) is 7.91. The molecular formula is C14H23BrCl2N2S. The summed E-state index contributed by atoms with van der Waals surface area (Å²) in [4.78, 5) is 4.28. The van der Waals surface area contributed by atoms with Gasteiger partial charge in [-0.1, -0.05) is 12.8 Å². The van der Waals surface area contributed by atoms with Gasteiger partial charge in [-0.15, -0.1) is 36.2 Å². The highest BCUT2D eigenvalue weighted by Crippen LogP contribution is 2.42. The number of hydrogen-bond acceptors (Lipinski definition) is 3. The topological polar surface area (TPSA) is 15.3 Å². The normalized spacial score (nSPS) is 22.1. The third kappa shape index (κ3) is 4.34. The molecule has 0 amide bonds. The molecule has 1 aromatic heterocycles. The van der Waals surface area contributed by atoms with Crippen molar-refractivity contribution in [1.82, 2.24) is 10.2 Å². The highest BCUT2D eigenvalue weighted by Gasteiger charge is 2.32. The van der Waals surface area contributed by atoms with Crippen molar-refractivity contribution in [1.29, 1.82) is 0 Å². The summed E-state index contributed by atoms with van der Waals surface area (Å²) < 4.78 is 1.27. The standard InChI is InChI=1S/C14H21BrN2S.2ClH/c15-13-6-5-12(18-13)14(11-3-1-2-4-11)17-9-7-16-8-10-17;;/h5-6,11,14,16H,1-4,7-10H2;2*1H/t14-;;/m1../s1. The van der Waals surface area contributed by atoms with Gasteiger partial charge in [0.25, 0.3) is 0 Å². The lowest BCUT2D eigenvalue weighted by Gasteiger charge is -2.37. The summed E-state index contributed by atoms with van der Waals surface area (Å²) in [5.41, 5.74) is 0. The van der Waals surface area contributed by atoms with Crippen molar-refractivity contribution in [2.45, 2.75) is 31.7 Å². The maximum atomic E-state index is 3.62. The molecule has 0 unspecified atom stereocenters. The van der Waals surface area contributed by atoms with Crippen molar-refractivity contribution in [3.8, 4) is 0 Å². The molecule has 1 aliphatic carbocycles. The van der Waals surface area contributed by atoms with Gasteiger partial charge < -0.3 is 5.32 Å². The summed E-state index contributed by atoms with van der Waals surface area (Å²) in [6, 6.07) is 5.22. The Morgan fingerprint density at radius 1 is 1.15 bits per heavy atom. The minimum absolute atomic E-state index is 0. The molecule has 2 aliphatic rings. The van der Waals surface area contributed by atoms with E-state index >= 15 is 0 Å². The van der Waals surface area contributed by atoms with Crippen molar-refractivity contribution < 1.29 is 0 Å². The molecule has 1 aliphatic heterocycles. The number of nitrogens with zero attached hydrogens (tertiary/aromatic N) is 1. The fourth-order valence-electron chi connectivity index (χ4n) is 3.43. The van der Waals surface area contributed by atoms with E-state index in [-0.39, 0.29) is 24.8 Å². The van der Waals surface area contributed by atoms with Crippen molar-refractivity contribution in [3.05, 3.63) is 20.8 Å². The van der Waals surface area contributed by atoms with E-state index in [1.165, 1.54) is 42.6 Å². The molecule has 0 bridgehead atoms. The van der Waals surface area contributed by atoms with Crippen LogP contribution in [0.3, 0.4) is 0 Å². The molecule has 20 heavy (non-hydrogen) atoms. The maximum Gasteiger partial charge on any atom is 0.0701 e. The first-order valence-electron chi connectivity index (χ1n) is 7.04. The van der Waals surface area contributed by atoms with E-state index in [0.717, 1.165) is 19.0 Å². The SMILES string of the molecule is Brc1ccc([C@@H](C2CCCC2)N2CCNCC2)s1.Cl.Cl. The van der Waals surface area contributed by atoms with Gasteiger partial charge >= 0.3 is 0 Å². The number of hydrogen-bond donors (Lipinski definition) is 1. The molecule has 0 spiro atoms. The van der Waals surface area contributed by atoms with Gasteiger partial charge in [-0.3, -0.25) is 4.90 Å². The average Bonchev–Trinajstić information content (AvgIpc) is 3.04. The van der Waals surface area contributed by atoms with E-state index in [2.05, 4.69) is 38.3 Å². The number of piperazine rings is 1. The Morgan fingerprint density at radius 2 is 1.80 bits per heavy atom. The van der Waals surface area contributed by atoms with Crippen LogP contribution in [0.15, 0.2) is 15.9 Å². The summed E-state index contributed by atoms with van der Waals surface area (Å²) >= 11 is 5.55. The number of rotatable bonds is 3. The van der Waals surface area contributed by atoms with Crippen LogP contribution >= 0.6 is 52.1 Å². The third-order valence-electron chi connectivity index (χ3n) is 4.28. The lowest BCUT2D eigenvalue weighted by atomic mass is 9.94. The first-order valence-corrected chi connectivity index (χ1v) is 8.65. The van der Waals surface area contributed by atoms with Crippen LogP contribution < -0.4 is 5.32 Å². The highest BCUT2D eigenvalue weighted by molar-refractivity contribution is 9.11. The van der Waals surface area contributed by atoms with E-state index < -0.39 is 0 Å². The van der Waals surface area contributed by atoms with Crippen LogP contribution in [0.1, 0.15) is 36.6 Å². The predicted molar refractivity (Wildman–Crippen MR) is 95.7 cm³/mol. The van der Waals surface area contributed by atoms with Crippen LogP contribution in [0.2, 0.25) is 0 Å². The average molecular weight is 402 g/mol. The molecule has 2 fully saturated rings. The Balaban J connectivity index is 0.000001000. The third-order valence-corrected chi connectivity index (χ3v) is 5.97. The second-order valence-electron chi connectivity index (χ2n) is 5.42. The van der Waals surface area contributed by atoms with Gasteiger partial charge in [0.05, 0.1) is 3.79 Å². The molecule has 3 rings (SSSR count). The summed E-state index contributed by atoms with van der Waals surface area (Å²) in [5, 5.41) is 3.47. The van der Waals surface area contributed by atoms with Crippen LogP contribution in [0.5, 0.6) is 0 Å². The molecule has 6 heteroatoms. The smallest absolute Gasteiger partial charge is 0.0701 e. The lowest BCUT2D eigenvalue weighted by Crippen LogP contribution is -2.46. The largest absolute Gasteiger partial charge is 0.314 e. The van der Waals surface area contributed by atoms with Gasteiger partial charge in [-0.25, -0.2) is 0 Å². The molecule has 2 nitrogen and oxygen atoms in total. The highest BCUT2D eigenvalue weighted by atomic mass is 79.9. The molecule has 1 atom stereocenters. The zero-order valence-corrected chi connectivity index (χ0v) is 15.6. The van der Waals surface area contributed by atoms with Crippen LogP contribution in [0.25, 0.3) is 0 Å². The zero-order valence-electron chi connectivity index (χ0n) is 11.5. The van der Waals surface area contributed by atoms with E-state index in [1.54, 1.807) is 4.88 Å². The minimum atomic E-state index is 0. The quantitative estimate of drug-likeness (QED) is 0.802. The van der Waals surface area contributed by atoms with Crippen molar-refractivity contribution in [3.63, 3.8) is 0 Å². The van der Waals surface area contributed by atoms with Crippen LogP contribution in [0, 0.1) is 5.92 Å². The van der Waals surface area contributed by atoms with E-state index in [9.17, 15) is 0 Å². The molecular weight excluding hydrogens is 379 g/mol. The fourth-order valence-corrected chi connectivity index (χ4v) is 5.08. The van der Waals surface area contributed by atoms with Gasteiger partial charge in [-0.05, 0) is 46.8 Å². The Kier molecular flexibility index (Phi) is 8.39. The fraction of sp³-hybridized carbons (Fsp3) is 0.714. The monoisotopic (exact) mass is 400 g/mol. The summed E-state index contributed by atoms with van der Waals surface area (Å²) in [6.45, 7) is 4.71. The zero-order chi connectivity index (χ0) is 12.4. The second kappa shape index (κ2) is 8.96. The van der Waals surface area contributed by atoms with Gasteiger partial charge in [0.2, 0.25) is 0 Å². The van der Waals surface area contributed by atoms with E-state index in [1.807, 2.05) is 11.3 Å². The molecule has 2 heterocycles. The lowest BCUT2D eigenvalue weighted by molar-refractivity contribution is 0.128. The molecule has 116 valence electrons.